The van der Waals surface area contributed by atoms with Gasteiger partial charge in [0, 0.05) is 6.42 Å². The van der Waals surface area contributed by atoms with E-state index in [4.69, 9.17) is 0 Å². The summed E-state index contributed by atoms with van der Waals surface area (Å²) in [5.41, 5.74) is 2.32. The van der Waals surface area contributed by atoms with Crippen LogP contribution in [0.15, 0.2) is 23.3 Å². The molecule has 0 aromatic carbocycles. The van der Waals surface area contributed by atoms with E-state index in [0.717, 1.165) is 12.0 Å². The van der Waals surface area contributed by atoms with Crippen LogP contribution in [0.1, 0.15) is 47.5 Å². The second kappa shape index (κ2) is 4.34. The average Bonchev–Trinajstić information content (AvgIpc) is 2.15. The summed E-state index contributed by atoms with van der Waals surface area (Å²) in [6.45, 7) is 10.7. The molecule has 0 aromatic heterocycles. The highest BCUT2D eigenvalue weighted by atomic mass is 16.1. The summed E-state index contributed by atoms with van der Waals surface area (Å²) in [5, 5.41) is 0. The van der Waals surface area contributed by atoms with E-state index in [0.29, 0.717) is 18.1 Å². The van der Waals surface area contributed by atoms with Crippen LogP contribution in [0.5, 0.6) is 0 Å². The van der Waals surface area contributed by atoms with Crippen LogP contribution in [0.3, 0.4) is 0 Å². The first-order valence-electron chi connectivity index (χ1n) is 5.82. The van der Waals surface area contributed by atoms with E-state index in [2.05, 4.69) is 39.8 Å². The molecule has 1 nitrogen and oxygen atoms in total. The molecule has 0 saturated carbocycles. The number of carbonyl (C=O) groups is 1. The van der Waals surface area contributed by atoms with Gasteiger partial charge >= 0.3 is 0 Å². The molecule has 0 fully saturated rings. The maximum Gasteiger partial charge on any atom is 0.159 e. The zero-order chi connectivity index (χ0) is 11.6. The quantitative estimate of drug-likeness (QED) is 0.669. The zero-order valence-electron chi connectivity index (χ0n) is 10.6. The molecule has 0 heterocycles. The molecular formula is C14H22O. The Morgan fingerprint density at radius 1 is 1.47 bits per heavy atom. The van der Waals surface area contributed by atoms with Crippen LogP contribution in [0, 0.1) is 11.3 Å². The van der Waals surface area contributed by atoms with Crippen molar-refractivity contribution in [1.29, 1.82) is 0 Å². The van der Waals surface area contributed by atoms with Crippen molar-refractivity contribution in [3.63, 3.8) is 0 Å². The Labute approximate surface area is 93.3 Å². The molecule has 1 rings (SSSR count). The largest absolute Gasteiger partial charge is 0.295 e. The highest BCUT2D eigenvalue weighted by molar-refractivity contribution is 5.97. The zero-order valence-corrected chi connectivity index (χ0v) is 10.6. The Morgan fingerprint density at radius 3 is 2.60 bits per heavy atom. The monoisotopic (exact) mass is 206 g/mol. The van der Waals surface area contributed by atoms with Crippen molar-refractivity contribution in [2.75, 3.05) is 0 Å². The molecule has 1 aliphatic carbocycles. The molecule has 0 spiro atoms. The lowest BCUT2D eigenvalue weighted by Crippen LogP contribution is -2.32. The summed E-state index contributed by atoms with van der Waals surface area (Å²) in [6, 6.07) is 0. The molecule has 0 N–H and O–H groups in total. The molecule has 84 valence electrons. The fourth-order valence-corrected chi connectivity index (χ4v) is 2.16. The SMILES string of the molecule is CCC=CC1=C(C)C(=O)CC(C)C1(C)C. The van der Waals surface area contributed by atoms with Gasteiger partial charge in [-0.1, -0.05) is 39.8 Å². The van der Waals surface area contributed by atoms with Gasteiger partial charge in [0.25, 0.3) is 0 Å². The van der Waals surface area contributed by atoms with Gasteiger partial charge in [0.2, 0.25) is 0 Å². The predicted molar refractivity (Wildman–Crippen MR) is 64.7 cm³/mol. The van der Waals surface area contributed by atoms with E-state index in [1.165, 1.54) is 5.57 Å². The minimum atomic E-state index is 0.129. The van der Waals surface area contributed by atoms with Gasteiger partial charge in [0.1, 0.15) is 0 Å². The van der Waals surface area contributed by atoms with Crippen molar-refractivity contribution in [2.45, 2.75) is 47.5 Å². The Bertz CT molecular complexity index is 318. The van der Waals surface area contributed by atoms with E-state index >= 15 is 0 Å². The molecule has 1 unspecified atom stereocenters. The molecule has 0 amide bonds. The van der Waals surface area contributed by atoms with Gasteiger partial charge in [0.15, 0.2) is 5.78 Å². The maximum atomic E-state index is 11.8. The predicted octanol–water partition coefficient (Wildman–Crippen LogP) is 3.90. The lowest BCUT2D eigenvalue weighted by Gasteiger charge is -2.38. The summed E-state index contributed by atoms with van der Waals surface area (Å²) >= 11 is 0. The second-order valence-corrected chi connectivity index (χ2v) is 5.10. The average molecular weight is 206 g/mol. The first-order valence-corrected chi connectivity index (χ1v) is 5.82. The lowest BCUT2D eigenvalue weighted by molar-refractivity contribution is -0.117. The Hall–Kier alpha value is -0.850. The second-order valence-electron chi connectivity index (χ2n) is 5.10. The number of ketones is 1. The molecule has 0 aromatic rings. The molecular weight excluding hydrogens is 184 g/mol. The Balaban J connectivity index is 3.18. The van der Waals surface area contributed by atoms with E-state index in [-0.39, 0.29) is 5.41 Å². The van der Waals surface area contributed by atoms with Gasteiger partial charge in [0.05, 0.1) is 0 Å². The van der Waals surface area contributed by atoms with Crippen LogP contribution in [0.2, 0.25) is 0 Å². The van der Waals surface area contributed by atoms with Crippen molar-refractivity contribution in [1.82, 2.24) is 0 Å². The summed E-state index contributed by atoms with van der Waals surface area (Å²) in [4.78, 5) is 11.8. The standard InChI is InChI=1S/C14H22O/c1-6-7-8-12-11(3)13(15)9-10(2)14(12,4)5/h7-8,10H,6,9H2,1-5H3. The highest BCUT2D eigenvalue weighted by Gasteiger charge is 2.36. The van der Waals surface area contributed by atoms with Gasteiger partial charge in [-0.05, 0) is 35.8 Å². The van der Waals surface area contributed by atoms with E-state index in [1.807, 2.05) is 6.92 Å². The molecule has 1 heteroatoms. The van der Waals surface area contributed by atoms with Gasteiger partial charge in [-0.2, -0.15) is 0 Å². The summed E-state index contributed by atoms with van der Waals surface area (Å²) in [7, 11) is 0. The topological polar surface area (TPSA) is 17.1 Å². The molecule has 15 heavy (non-hydrogen) atoms. The lowest BCUT2D eigenvalue weighted by atomic mass is 9.66. The Kier molecular flexibility index (Phi) is 3.54. The van der Waals surface area contributed by atoms with Crippen LogP contribution in [-0.4, -0.2) is 5.78 Å². The summed E-state index contributed by atoms with van der Waals surface area (Å²) in [5.74, 6) is 0.753. The molecule has 0 aliphatic heterocycles. The highest BCUT2D eigenvalue weighted by Crippen LogP contribution is 2.43. The third-order valence-corrected chi connectivity index (χ3v) is 3.76. The van der Waals surface area contributed by atoms with Gasteiger partial charge in [-0.25, -0.2) is 0 Å². The van der Waals surface area contributed by atoms with Crippen molar-refractivity contribution in [3.05, 3.63) is 23.3 Å². The van der Waals surface area contributed by atoms with E-state index < -0.39 is 0 Å². The molecule has 0 saturated heterocycles. The fraction of sp³-hybridized carbons (Fsp3) is 0.643. The minimum absolute atomic E-state index is 0.129. The van der Waals surface area contributed by atoms with Crippen LogP contribution >= 0.6 is 0 Å². The first-order chi connectivity index (χ1) is 6.91. The maximum absolute atomic E-state index is 11.8. The third kappa shape index (κ3) is 2.22. The molecule has 1 aliphatic rings. The number of hydrogen-bond donors (Lipinski definition) is 0. The van der Waals surface area contributed by atoms with Gasteiger partial charge in [-0.3, -0.25) is 4.79 Å². The van der Waals surface area contributed by atoms with Crippen LogP contribution in [-0.2, 0) is 4.79 Å². The van der Waals surface area contributed by atoms with Crippen molar-refractivity contribution < 1.29 is 4.79 Å². The smallest absolute Gasteiger partial charge is 0.159 e. The van der Waals surface area contributed by atoms with E-state index in [9.17, 15) is 4.79 Å². The number of rotatable bonds is 2. The summed E-state index contributed by atoms with van der Waals surface area (Å²) < 4.78 is 0. The fourth-order valence-electron chi connectivity index (χ4n) is 2.16. The normalized spacial score (nSPS) is 26.5. The van der Waals surface area contributed by atoms with E-state index in [1.54, 1.807) is 0 Å². The number of hydrogen-bond acceptors (Lipinski definition) is 1. The first kappa shape index (κ1) is 12.2. The van der Waals surface area contributed by atoms with Gasteiger partial charge < -0.3 is 0 Å². The van der Waals surface area contributed by atoms with Crippen molar-refractivity contribution in [3.8, 4) is 0 Å². The molecule has 0 bridgehead atoms. The number of carbonyl (C=O) groups excluding carboxylic acids is 1. The third-order valence-electron chi connectivity index (χ3n) is 3.76. The minimum Gasteiger partial charge on any atom is -0.295 e. The number of Topliss-reactive ketones (excluding diaryl/α,β-unsaturated/α-hetero) is 1. The van der Waals surface area contributed by atoms with Crippen LogP contribution in [0.4, 0.5) is 0 Å². The van der Waals surface area contributed by atoms with Crippen LogP contribution < -0.4 is 0 Å². The van der Waals surface area contributed by atoms with Crippen LogP contribution in [0.25, 0.3) is 0 Å². The number of allylic oxidation sites excluding steroid dienone is 4. The summed E-state index contributed by atoms with van der Waals surface area (Å²) in [6.07, 6.45) is 6.01. The Morgan fingerprint density at radius 2 is 2.07 bits per heavy atom. The van der Waals surface area contributed by atoms with Gasteiger partial charge in [-0.15, -0.1) is 0 Å². The molecule has 0 radical (unpaired) electrons. The van der Waals surface area contributed by atoms with Crippen molar-refractivity contribution in [2.24, 2.45) is 11.3 Å². The van der Waals surface area contributed by atoms with Crippen molar-refractivity contribution >= 4 is 5.78 Å². The molecule has 1 atom stereocenters.